The Morgan fingerprint density at radius 3 is 2.73 bits per heavy atom. The van der Waals surface area contributed by atoms with Crippen LogP contribution in [0.3, 0.4) is 0 Å². The average Bonchev–Trinajstić information content (AvgIpc) is 3.14. The van der Waals surface area contributed by atoms with Crippen LogP contribution in [0.15, 0.2) is 34.8 Å². The molecule has 1 N–H and O–H groups in total. The number of hydrogen-bond acceptors (Lipinski definition) is 4. The van der Waals surface area contributed by atoms with E-state index in [0.29, 0.717) is 29.9 Å². The Balaban J connectivity index is 1.64. The molecule has 0 saturated carbocycles. The molecule has 30 heavy (non-hydrogen) atoms. The first kappa shape index (κ1) is 19.3. The van der Waals surface area contributed by atoms with E-state index in [1.165, 1.54) is 0 Å². The average molecular weight is 465 g/mol. The third-order valence-corrected chi connectivity index (χ3v) is 6.85. The zero-order valence-corrected chi connectivity index (χ0v) is 18.4. The van der Waals surface area contributed by atoms with Crippen molar-refractivity contribution in [2.75, 3.05) is 13.2 Å². The van der Waals surface area contributed by atoms with Gasteiger partial charge < -0.3 is 14.5 Å². The second-order valence-electron chi connectivity index (χ2n) is 8.46. The van der Waals surface area contributed by atoms with Crippen molar-refractivity contribution in [2.45, 2.75) is 38.2 Å². The molecule has 152 valence electrons. The largest absolute Gasteiger partial charge is 0.489 e. The SMILES string of the molecule is CC1(C)c2cc(OC3CCOCC3)c(Br)cc2C(=O)c2c1[nH]c1cc(C#N)ccc21. The highest BCUT2D eigenvalue weighted by atomic mass is 79.9. The number of nitrogens with one attached hydrogen (secondary N) is 1. The van der Waals surface area contributed by atoms with Crippen LogP contribution in [0.5, 0.6) is 5.75 Å². The van der Waals surface area contributed by atoms with Gasteiger partial charge in [-0.3, -0.25) is 4.79 Å². The number of nitriles is 1. The lowest BCUT2D eigenvalue weighted by atomic mass is 9.71. The Morgan fingerprint density at radius 1 is 1.23 bits per heavy atom. The molecule has 2 heterocycles. The number of aromatic nitrogens is 1. The Bertz CT molecular complexity index is 1230. The van der Waals surface area contributed by atoms with E-state index < -0.39 is 5.41 Å². The van der Waals surface area contributed by atoms with Gasteiger partial charge in [-0.15, -0.1) is 0 Å². The van der Waals surface area contributed by atoms with Crippen LogP contribution in [0.1, 0.15) is 59.4 Å². The van der Waals surface area contributed by atoms with E-state index in [9.17, 15) is 10.1 Å². The predicted octanol–water partition coefficient (Wildman–Crippen LogP) is 5.23. The van der Waals surface area contributed by atoms with Gasteiger partial charge in [0, 0.05) is 40.4 Å². The Labute approximate surface area is 183 Å². The van der Waals surface area contributed by atoms with Crippen molar-refractivity contribution >= 4 is 32.6 Å². The van der Waals surface area contributed by atoms with Crippen LogP contribution in [-0.4, -0.2) is 30.1 Å². The van der Waals surface area contributed by atoms with Gasteiger partial charge in [-0.25, -0.2) is 0 Å². The summed E-state index contributed by atoms with van der Waals surface area (Å²) >= 11 is 3.61. The van der Waals surface area contributed by atoms with E-state index in [4.69, 9.17) is 9.47 Å². The minimum atomic E-state index is -0.418. The third-order valence-electron chi connectivity index (χ3n) is 6.23. The van der Waals surface area contributed by atoms with Crippen molar-refractivity contribution in [1.29, 1.82) is 5.26 Å². The van der Waals surface area contributed by atoms with E-state index >= 15 is 0 Å². The highest BCUT2D eigenvalue weighted by molar-refractivity contribution is 9.10. The molecule has 0 amide bonds. The number of nitrogens with zero attached hydrogens (tertiary/aromatic N) is 1. The summed E-state index contributed by atoms with van der Waals surface area (Å²) in [6, 6.07) is 11.5. The van der Waals surface area contributed by atoms with E-state index in [-0.39, 0.29) is 11.9 Å². The topological polar surface area (TPSA) is 75.1 Å². The van der Waals surface area contributed by atoms with Gasteiger partial charge in [0.1, 0.15) is 11.9 Å². The van der Waals surface area contributed by atoms with Crippen LogP contribution in [0.4, 0.5) is 0 Å². The highest BCUT2D eigenvalue weighted by Gasteiger charge is 2.40. The molecule has 1 aliphatic carbocycles. The minimum absolute atomic E-state index is 0.00593. The summed E-state index contributed by atoms with van der Waals surface area (Å²) in [7, 11) is 0. The van der Waals surface area contributed by atoms with Crippen LogP contribution in [0, 0.1) is 11.3 Å². The molecule has 2 aromatic carbocycles. The van der Waals surface area contributed by atoms with Crippen molar-refractivity contribution in [3.05, 3.63) is 62.8 Å². The van der Waals surface area contributed by atoms with Gasteiger partial charge in [0.2, 0.25) is 0 Å². The molecule has 3 aromatic rings. The number of carbonyl (C=O) groups excluding carboxylic acids is 1. The second kappa shape index (κ2) is 6.97. The summed E-state index contributed by atoms with van der Waals surface area (Å²) in [5, 5.41) is 10.1. The molecular formula is C24H21BrN2O3. The van der Waals surface area contributed by atoms with Gasteiger partial charge in [-0.1, -0.05) is 19.9 Å². The maximum atomic E-state index is 13.5. The number of benzene rings is 2. The molecule has 1 saturated heterocycles. The molecule has 1 aliphatic heterocycles. The number of aromatic amines is 1. The molecule has 0 unspecified atom stereocenters. The fourth-order valence-electron chi connectivity index (χ4n) is 4.56. The third kappa shape index (κ3) is 2.88. The molecule has 5 rings (SSSR count). The maximum absolute atomic E-state index is 13.5. The fraction of sp³-hybridized carbons (Fsp3) is 0.333. The van der Waals surface area contributed by atoms with Crippen molar-refractivity contribution < 1.29 is 14.3 Å². The highest BCUT2D eigenvalue weighted by Crippen LogP contribution is 2.46. The number of hydrogen-bond donors (Lipinski definition) is 1. The van der Waals surface area contributed by atoms with Gasteiger partial charge in [-0.05, 0) is 45.8 Å². The first-order chi connectivity index (χ1) is 14.4. The molecule has 2 aliphatic rings. The van der Waals surface area contributed by atoms with Crippen molar-refractivity contribution in [1.82, 2.24) is 4.98 Å². The van der Waals surface area contributed by atoms with Crippen molar-refractivity contribution in [2.24, 2.45) is 0 Å². The Hall–Kier alpha value is -2.62. The molecule has 0 spiro atoms. The fourth-order valence-corrected chi connectivity index (χ4v) is 5.00. The van der Waals surface area contributed by atoms with Crippen LogP contribution in [0.25, 0.3) is 10.9 Å². The Kier molecular flexibility index (Phi) is 4.49. The molecule has 0 atom stereocenters. The van der Waals surface area contributed by atoms with Crippen LogP contribution < -0.4 is 4.74 Å². The van der Waals surface area contributed by atoms with Crippen molar-refractivity contribution in [3.63, 3.8) is 0 Å². The molecule has 1 fully saturated rings. The van der Waals surface area contributed by atoms with Gasteiger partial charge in [0.25, 0.3) is 0 Å². The zero-order valence-electron chi connectivity index (χ0n) is 16.8. The summed E-state index contributed by atoms with van der Waals surface area (Å²) in [6.45, 7) is 5.65. The first-order valence-corrected chi connectivity index (χ1v) is 10.9. The minimum Gasteiger partial charge on any atom is -0.489 e. The molecule has 0 radical (unpaired) electrons. The number of carbonyl (C=O) groups is 1. The standard InChI is InChI=1S/C24H21BrN2O3/c1-24(2)17-11-20(30-14-5-7-29-8-6-14)18(25)10-16(17)22(28)21-15-4-3-13(12-26)9-19(15)27-23(21)24/h3-4,9-11,14,27H,5-8H2,1-2H3. The summed E-state index contributed by atoms with van der Waals surface area (Å²) in [4.78, 5) is 16.9. The van der Waals surface area contributed by atoms with Crippen molar-refractivity contribution in [3.8, 4) is 11.8 Å². The van der Waals surface area contributed by atoms with E-state index in [2.05, 4.69) is 40.8 Å². The summed E-state index contributed by atoms with van der Waals surface area (Å²) in [5.41, 5.74) is 4.16. The molecule has 0 bridgehead atoms. The molecule has 6 heteroatoms. The number of ether oxygens (including phenoxy) is 2. The predicted molar refractivity (Wildman–Crippen MR) is 117 cm³/mol. The maximum Gasteiger partial charge on any atom is 0.195 e. The van der Waals surface area contributed by atoms with Crippen LogP contribution >= 0.6 is 15.9 Å². The lowest BCUT2D eigenvalue weighted by molar-refractivity contribution is 0.0252. The Morgan fingerprint density at radius 2 is 2.00 bits per heavy atom. The number of fused-ring (bicyclic) bond motifs is 4. The summed E-state index contributed by atoms with van der Waals surface area (Å²) in [6.07, 6.45) is 1.84. The van der Waals surface area contributed by atoms with Gasteiger partial charge >= 0.3 is 0 Å². The van der Waals surface area contributed by atoms with Crippen LogP contribution in [-0.2, 0) is 10.2 Å². The van der Waals surface area contributed by atoms with Gasteiger partial charge in [0.05, 0.1) is 34.9 Å². The second-order valence-corrected chi connectivity index (χ2v) is 9.31. The van der Waals surface area contributed by atoms with E-state index in [1.807, 2.05) is 18.2 Å². The zero-order chi connectivity index (χ0) is 21.0. The number of ketones is 1. The number of halogens is 1. The smallest absolute Gasteiger partial charge is 0.195 e. The number of rotatable bonds is 2. The quantitative estimate of drug-likeness (QED) is 0.563. The lowest BCUT2D eigenvalue weighted by Gasteiger charge is -2.33. The molecular weight excluding hydrogens is 444 g/mol. The first-order valence-electron chi connectivity index (χ1n) is 10.1. The van der Waals surface area contributed by atoms with Gasteiger partial charge in [0.15, 0.2) is 5.78 Å². The molecule has 5 nitrogen and oxygen atoms in total. The number of H-pyrrole nitrogens is 1. The van der Waals surface area contributed by atoms with E-state index in [0.717, 1.165) is 45.2 Å². The molecule has 1 aromatic heterocycles. The van der Waals surface area contributed by atoms with Gasteiger partial charge in [-0.2, -0.15) is 5.26 Å². The monoisotopic (exact) mass is 464 g/mol. The summed E-state index contributed by atoms with van der Waals surface area (Å²) in [5.74, 6) is 0.751. The van der Waals surface area contributed by atoms with Crippen LogP contribution in [0.2, 0.25) is 0 Å². The lowest BCUT2D eigenvalue weighted by Crippen LogP contribution is -2.31. The normalized spacial score (nSPS) is 18.0. The summed E-state index contributed by atoms with van der Waals surface area (Å²) < 4.78 is 12.5. The van der Waals surface area contributed by atoms with E-state index in [1.54, 1.807) is 12.1 Å².